The number of carbonyl (C=O) groups excluding carboxylic acids is 1. The van der Waals surface area contributed by atoms with Gasteiger partial charge in [0.1, 0.15) is 0 Å². The molecule has 0 heterocycles. The molecular weight excluding hydrogens is 294 g/mol. The number of aliphatic hydroxyl groups is 1. The largest absolute Gasteiger partial charge is 0.390 e. The van der Waals surface area contributed by atoms with E-state index in [-0.39, 0.29) is 11.2 Å². The van der Waals surface area contributed by atoms with Crippen molar-refractivity contribution in [3.8, 4) is 0 Å². The number of aryl methyl sites for hydroxylation is 1. The molecule has 2 rings (SSSR count). The van der Waals surface area contributed by atoms with E-state index in [0.29, 0.717) is 13.0 Å². The molecule has 1 aromatic carbocycles. The molecule has 1 atom stereocenters. The van der Waals surface area contributed by atoms with Gasteiger partial charge in [-0.15, -0.1) is 11.8 Å². The van der Waals surface area contributed by atoms with E-state index in [4.69, 9.17) is 0 Å². The van der Waals surface area contributed by atoms with Gasteiger partial charge in [-0.25, -0.2) is 0 Å². The molecular formula is C18H27NO2S. The summed E-state index contributed by atoms with van der Waals surface area (Å²) < 4.78 is 0. The second kappa shape index (κ2) is 7.51. The van der Waals surface area contributed by atoms with E-state index >= 15 is 0 Å². The standard InChI is InChI=1S/C18H27NO2S/c1-14-6-8-16(9-7-14)22-15(2)17(20)19(3)13-12-18(21)10-4-5-11-18/h6-9,15,21H,4-5,10-13H2,1-3H3. The molecule has 1 amide bonds. The van der Waals surface area contributed by atoms with E-state index in [2.05, 4.69) is 31.2 Å². The summed E-state index contributed by atoms with van der Waals surface area (Å²) in [6.07, 6.45) is 4.66. The highest BCUT2D eigenvalue weighted by atomic mass is 32.2. The number of thioether (sulfide) groups is 1. The number of carbonyl (C=O) groups is 1. The number of hydrogen-bond donors (Lipinski definition) is 1. The van der Waals surface area contributed by atoms with Crippen LogP contribution in [0.2, 0.25) is 0 Å². The van der Waals surface area contributed by atoms with Crippen molar-refractivity contribution in [1.82, 2.24) is 4.90 Å². The van der Waals surface area contributed by atoms with Crippen molar-refractivity contribution in [3.63, 3.8) is 0 Å². The zero-order valence-electron chi connectivity index (χ0n) is 13.8. The van der Waals surface area contributed by atoms with Crippen molar-refractivity contribution >= 4 is 17.7 Å². The summed E-state index contributed by atoms with van der Waals surface area (Å²) in [5.41, 5.74) is 0.687. The van der Waals surface area contributed by atoms with Crippen molar-refractivity contribution in [2.24, 2.45) is 0 Å². The van der Waals surface area contributed by atoms with Crippen LogP contribution < -0.4 is 0 Å². The van der Waals surface area contributed by atoms with Crippen LogP contribution in [0.1, 0.15) is 44.6 Å². The van der Waals surface area contributed by atoms with Crippen LogP contribution in [-0.2, 0) is 4.79 Å². The second-order valence-electron chi connectivity index (χ2n) is 6.51. The highest BCUT2D eigenvalue weighted by molar-refractivity contribution is 8.00. The summed E-state index contributed by atoms with van der Waals surface area (Å²) in [5, 5.41) is 10.3. The minimum atomic E-state index is -0.540. The molecule has 1 N–H and O–H groups in total. The lowest BCUT2D eigenvalue weighted by molar-refractivity contribution is -0.129. The van der Waals surface area contributed by atoms with E-state index in [1.54, 1.807) is 16.7 Å². The van der Waals surface area contributed by atoms with Gasteiger partial charge in [0.2, 0.25) is 5.91 Å². The van der Waals surface area contributed by atoms with Gasteiger partial charge in [0, 0.05) is 18.5 Å². The lowest BCUT2D eigenvalue weighted by Crippen LogP contribution is -2.37. The monoisotopic (exact) mass is 321 g/mol. The normalized spacial score (nSPS) is 18.2. The zero-order valence-corrected chi connectivity index (χ0v) is 14.7. The molecule has 122 valence electrons. The van der Waals surface area contributed by atoms with Crippen molar-refractivity contribution in [1.29, 1.82) is 0 Å². The van der Waals surface area contributed by atoms with Crippen molar-refractivity contribution in [2.75, 3.05) is 13.6 Å². The maximum atomic E-state index is 12.4. The molecule has 1 unspecified atom stereocenters. The van der Waals surface area contributed by atoms with Crippen LogP contribution in [0.4, 0.5) is 0 Å². The quantitative estimate of drug-likeness (QED) is 0.813. The summed E-state index contributed by atoms with van der Waals surface area (Å²) >= 11 is 1.59. The Morgan fingerprint density at radius 2 is 1.91 bits per heavy atom. The Morgan fingerprint density at radius 3 is 2.50 bits per heavy atom. The van der Waals surface area contributed by atoms with E-state index in [1.165, 1.54) is 5.56 Å². The molecule has 3 nitrogen and oxygen atoms in total. The third-order valence-electron chi connectivity index (χ3n) is 4.50. The molecule has 0 aromatic heterocycles. The smallest absolute Gasteiger partial charge is 0.235 e. The fourth-order valence-electron chi connectivity index (χ4n) is 2.95. The van der Waals surface area contributed by atoms with Crippen LogP contribution in [0.15, 0.2) is 29.2 Å². The fraction of sp³-hybridized carbons (Fsp3) is 0.611. The van der Waals surface area contributed by atoms with Gasteiger partial charge in [-0.2, -0.15) is 0 Å². The molecule has 0 radical (unpaired) electrons. The molecule has 0 aliphatic heterocycles. The van der Waals surface area contributed by atoms with E-state index in [9.17, 15) is 9.90 Å². The van der Waals surface area contributed by atoms with E-state index < -0.39 is 5.60 Å². The number of benzene rings is 1. The van der Waals surface area contributed by atoms with Crippen LogP contribution >= 0.6 is 11.8 Å². The molecule has 0 saturated heterocycles. The molecule has 1 aromatic rings. The summed E-state index contributed by atoms with van der Waals surface area (Å²) in [4.78, 5) is 15.3. The maximum absolute atomic E-state index is 12.4. The summed E-state index contributed by atoms with van der Waals surface area (Å²) in [6.45, 7) is 4.65. The van der Waals surface area contributed by atoms with Crippen molar-refractivity contribution < 1.29 is 9.90 Å². The molecule has 0 spiro atoms. The lowest BCUT2D eigenvalue weighted by Gasteiger charge is -2.27. The van der Waals surface area contributed by atoms with Crippen LogP contribution in [0, 0.1) is 6.92 Å². The molecule has 1 aliphatic carbocycles. The van der Waals surface area contributed by atoms with Crippen LogP contribution in [0.25, 0.3) is 0 Å². The predicted molar refractivity (Wildman–Crippen MR) is 92.2 cm³/mol. The number of rotatable bonds is 6. The SMILES string of the molecule is Cc1ccc(SC(C)C(=O)N(C)CCC2(O)CCCC2)cc1. The Bertz CT molecular complexity index is 494. The first-order chi connectivity index (χ1) is 10.4. The molecule has 0 bridgehead atoms. The molecule has 1 fully saturated rings. The minimum absolute atomic E-state index is 0.106. The topological polar surface area (TPSA) is 40.5 Å². The average Bonchev–Trinajstić information content (AvgIpc) is 2.93. The molecule has 4 heteroatoms. The maximum Gasteiger partial charge on any atom is 0.235 e. The number of nitrogens with zero attached hydrogens (tertiary/aromatic N) is 1. The van der Waals surface area contributed by atoms with Gasteiger partial charge in [-0.05, 0) is 45.2 Å². The Hall–Kier alpha value is -1.00. The molecule has 1 saturated carbocycles. The highest BCUT2D eigenvalue weighted by Gasteiger charge is 2.31. The van der Waals surface area contributed by atoms with Gasteiger partial charge in [0.15, 0.2) is 0 Å². The summed E-state index contributed by atoms with van der Waals surface area (Å²) in [5.74, 6) is 0.132. The number of hydrogen-bond acceptors (Lipinski definition) is 3. The van der Waals surface area contributed by atoms with E-state index in [0.717, 1.165) is 30.6 Å². The molecule has 22 heavy (non-hydrogen) atoms. The van der Waals surface area contributed by atoms with Gasteiger partial charge in [0.25, 0.3) is 0 Å². The Labute approximate surface area is 138 Å². The Balaban J connectivity index is 1.82. The second-order valence-corrected chi connectivity index (χ2v) is 7.93. The predicted octanol–water partition coefficient (Wildman–Crippen LogP) is 3.63. The lowest BCUT2D eigenvalue weighted by atomic mass is 9.98. The molecule has 1 aliphatic rings. The van der Waals surface area contributed by atoms with Crippen LogP contribution in [0.5, 0.6) is 0 Å². The van der Waals surface area contributed by atoms with Gasteiger partial charge >= 0.3 is 0 Å². The highest BCUT2D eigenvalue weighted by Crippen LogP contribution is 2.32. The Morgan fingerprint density at radius 1 is 1.32 bits per heavy atom. The average molecular weight is 321 g/mol. The number of amides is 1. The third-order valence-corrected chi connectivity index (χ3v) is 5.60. The Kier molecular flexibility index (Phi) is 5.93. The minimum Gasteiger partial charge on any atom is -0.390 e. The zero-order chi connectivity index (χ0) is 16.2. The first-order valence-corrected chi connectivity index (χ1v) is 8.98. The van der Waals surface area contributed by atoms with Crippen molar-refractivity contribution in [3.05, 3.63) is 29.8 Å². The van der Waals surface area contributed by atoms with Crippen molar-refractivity contribution in [2.45, 2.75) is 61.7 Å². The van der Waals surface area contributed by atoms with Crippen LogP contribution in [0.3, 0.4) is 0 Å². The first-order valence-electron chi connectivity index (χ1n) is 8.10. The van der Waals surface area contributed by atoms with Gasteiger partial charge in [-0.3, -0.25) is 4.79 Å². The third kappa shape index (κ3) is 4.75. The first kappa shape index (κ1) is 17.4. The fourth-order valence-corrected chi connectivity index (χ4v) is 3.93. The van der Waals surface area contributed by atoms with E-state index in [1.807, 2.05) is 14.0 Å². The van der Waals surface area contributed by atoms with Gasteiger partial charge < -0.3 is 10.0 Å². The summed E-state index contributed by atoms with van der Waals surface area (Å²) in [7, 11) is 1.84. The van der Waals surface area contributed by atoms with Crippen LogP contribution in [-0.4, -0.2) is 40.4 Å². The van der Waals surface area contributed by atoms with Gasteiger partial charge in [-0.1, -0.05) is 30.5 Å². The van der Waals surface area contributed by atoms with Gasteiger partial charge in [0.05, 0.1) is 10.9 Å². The summed E-state index contributed by atoms with van der Waals surface area (Å²) in [6, 6.07) is 8.26.